The summed E-state index contributed by atoms with van der Waals surface area (Å²) < 4.78 is 25.9. The lowest BCUT2D eigenvalue weighted by molar-refractivity contribution is -0.120. The number of nitrogens with one attached hydrogen (secondary N) is 1. The number of amides is 1. The highest BCUT2D eigenvalue weighted by molar-refractivity contribution is 7.89. The lowest BCUT2D eigenvalue weighted by Crippen LogP contribution is -2.34. The van der Waals surface area contributed by atoms with E-state index in [4.69, 9.17) is 5.73 Å². The summed E-state index contributed by atoms with van der Waals surface area (Å²) in [6.07, 6.45) is 1.52. The summed E-state index contributed by atoms with van der Waals surface area (Å²) in [7, 11) is -3.61. The molecule has 0 spiro atoms. The van der Waals surface area contributed by atoms with Crippen LogP contribution in [0.25, 0.3) is 0 Å². The molecule has 1 fully saturated rings. The molecule has 0 bridgehead atoms. The molecule has 8 heteroatoms. The van der Waals surface area contributed by atoms with Crippen molar-refractivity contribution in [1.82, 2.24) is 14.6 Å². The first-order valence-electron chi connectivity index (χ1n) is 5.48. The average Bonchev–Trinajstić information content (AvgIpc) is 2.54. The third-order valence-corrected chi connectivity index (χ3v) is 4.56. The molecule has 98 valence electrons. The van der Waals surface area contributed by atoms with E-state index in [1.165, 1.54) is 22.6 Å². The van der Waals surface area contributed by atoms with E-state index in [9.17, 15) is 13.2 Å². The van der Waals surface area contributed by atoms with Gasteiger partial charge < -0.3 is 11.1 Å². The first-order valence-corrected chi connectivity index (χ1v) is 6.92. The van der Waals surface area contributed by atoms with Gasteiger partial charge in [-0.2, -0.15) is 4.31 Å². The second kappa shape index (κ2) is 4.91. The third-order valence-electron chi connectivity index (χ3n) is 2.66. The molecule has 0 aromatic carbocycles. The number of hydrogen-bond donors (Lipinski definition) is 2. The van der Waals surface area contributed by atoms with E-state index < -0.39 is 10.0 Å². The van der Waals surface area contributed by atoms with Crippen LogP contribution in [0.3, 0.4) is 0 Å². The van der Waals surface area contributed by atoms with Gasteiger partial charge in [-0.05, 0) is 6.07 Å². The molecule has 2 rings (SSSR count). The van der Waals surface area contributed by atoms with Crippen molar-refractivity contribution in [3.63, 3.8) is 0 Å². The van der Waals surface area contributed by atoms with Crippen LogP contribution in [0.15, 0.2) is 23.2 Å². The summed E-state index contributed by atoms with van der Waals surface area (Å²) in [4.78, 5) is 15.0. The summed E-state index contributed by atoms with van der Waals surface area (Å²) in [6, 6.07) is 2.71. The van der Waals surface area contributed by atoms with Crippen LogP contribution in [0, 0.1) is 0 Å². The zero-order chi connectivity index (χ0) is 13.2. The molecule has 0 radical (unpaired) electrons. The minimum Gasteiger partial charge on any atom is -0.384 e. The third kappa shape index (κ3) is 2.59. The quantitative estimate of drug-likeness (QED) is 0.730. The van der Waals surface area contributed by atoms with Crippen molar-refractivity contribution in [2.45, 2.75) is 11.3 Å². The highest BCUT2D eigenvalue weighted by Gasteiger charge is 2.26. The van der Waals surface area contributed by atoms with Crippen molar-refractivity contribution in [2.75, 3.05) is 25.4 Å². The second-order valence-corrected chi connectivity index (χ2v) is 5.86. The minimum atomic E-state index is -3.61. The summed E-state index contributed by atoms with van der Waals surface area (Å²) >= 11 is 0. The highest BCUT2D eigenvalue weighted by atomic mass is 32.2. The normalized spacial score (nSPS) is 18.1. The summed E-state index contributed by atoms with van der Waals surface area (Å²) in [6.45, 7) is 0.755. The van der Waals surface area contributed by atoms with Gasteiger partial charge in [0.25, 0.3) is 0 Å². The molecule has 1 aliphatic rings. The number of hydrogen-bond acceptors (Lipinski definition) is 5. The van der Waals surface area contributed by atoms with Gasteiger partial charge in [-0.25, -0.2) is 13.4 Å². The SMILES string of the molecule is Nc1cc(S(=O)(=O)N2CCNC(=O)CC2)ccn1. The molecule has 7 nitrogen and oxygen atoms in total. The number of carbonyl (C=O) groups excluding carboxylic acids is 1. The fourth-order valence-electron chi connectivity index (χ4n) is 1.72. The molecule has 1 aliphatic heterocycles. The molecule has 0 atom stereocenters. The Morgan fingerprint density at radius 1 is 1.39 bits per heavy atom. The molecule has 0 unspecified atom stereocenters. The molecule has 0 saturated carbocycles. The van der Waals surface area contributed by atoms with Crippen LogP contribution in [0.2, 0.25) is 0 Å². The number of nitrogens with zero attached hydrogens (tertiary/aromatic N) is 2. The van der Waals surface area contributed by atoms with Crippen LogP contribution in [0.1, 0.15) is 6.42 Å². The number of carbonyl (C=O) groups is 1. The van der Waals surface area contributed by atoms with Gasteiger partial charge in [-0.1, -0.05) is 0 Å². The van der Waals surface area contributed by atoms with Crippen LogP contribution < -0.4 is 11.1 Å². The maximum Gasteiger partial charge on any atom is 0.243 e. The maximum absolute atomic E-state index is 12.3. The van der Waals surface area contributed by atoms with Crippen LogP contribution >= 0.6 is 0 Å². The van der Waals surface area contributed by atoms with Crippen LogP contribution in [0.4, 0.5) is 5.82 Å². The first kappa shape index (κ1) is 12.8. The predicted octanol–water partition coefficient (Wildman–Crippen LogP) is -0.826. The van der Waals surface area contributed by atoms with E-state index >= 15 is 0 Å². The smallest absolute Gasteiger partial charge is 0.243 e. The number of nitrogens with two attached hydrogens (primary N) is 1. The van der Waals surface area contributed by atoms with Crippen molar-refractivity contribution >= 4 is 21.7 Å². The number of pyridine rings is 1. The van der Waals surface area contributed by atoms with Crippen molar-refractivity contribution < 1.29 is 13.2 Å². The van der Waals surface area contributed by atoms with Crippen LogP contribution in [-0.2, 0) is 14.8 Å². The Kier molecular flexibility index (Phi) is 3.48. The summed E-state index contributed by atoms with van der Waals surface area (Å²) in [5.74, 6) is 0.0158. The molecular formula is C10H14N4O3S. The van der Waals surface area contributed by atoms with Gasteiger partial charge in [-0.3, -0.25) is 4.79 Å². The van der Waals surface area contributed by atoms with Gasteiger partial charge >= 0.3 is 0 Å². The van der Waals surface area contributed by atoms with Gasteiger partial charge in [0.2, 0.25) is 15.9 Å². The minimum absolute atomic E-state index is 0.101. The average molecular weight is 270 g/mol. The topological polar surface area (TPSA) is 105 Å². The standard InChI is InChI=1S/C10H14N4O3S/c11-9-7-8(1-3-12-9)18(16,17)14-5-2-10(15)13-4-6-14/h1,3,7H,2,4-6H2,(H2,11,12)(H,13,15). The van der Waals surface area contributed by atoms with Crippen LogP contribution in [-0.4, -0.2) is 43.2 Å². The van der Waals surface area contributed by atoms with Crippen molar-refractivity contribution in [1.29, 1.82) is 0 Å². The molecule has 3 N–H and O–H groups in total. The maximum atomic E-state index is 12.3. The van der Waals surface area contributed by atoms with E-state index in [0.717, 1.165) is 0 Å². The Labute approximate surface area is 105 Å². The van der Waals surface area contributed by atoms with Crippen LogP contribution in [0.5, 0.6) is 0 Å². The number of nitrogen functional groups attached to an aromatic ring is 1. The Morgan fingerprint density at radius 2 is 2.17 bits per heavy atom. The van der Waals surface area contributed by atoms with E-state index in [2.05, 4.69) is 10.3 Å². The lowest BCUT2D eigenvalue weighted by atomic mass is 10.4. The zero-order valence-electron chi connectivity index (χ0n) is 9.67. The van der Waals surface area contributed by atoms with Gasteiger partial charge in [-0.15, -0.1) is 0 Å². The Balaban J connectivity index is 2.28. The highest BCUT2D eigenvalue weighted by Crippen LogP contribution is 2.17. The number of aromatic nitrogens is 1. The fraction of sp³-hybridized carbons (Fsp3) is 0.400. The second-order valence-electron chi connectivity index (χ2n) is 3.92. The van der Waals surface area contributed by atoms with Crippen molar-refractivity contribution in [2.24, 2.45) is 0 Å². The van der Waals surface area contributed by atoms with E-state index in [1.54, 1.807) is 0 Å². The Bertz CT molecular complexity index is 558. The van der Waals surface area contributed by atoms with Crippen molar-refractivity contribution in [3.05, 3.63) is 18.3 Å². The van der Waals surface area contributed by atoms with Gasteiger partial charge in [0, 0.05) is 38.3 Å². The number of anilines is 1. The molecular weight excluding hydrogens is 256 g/mol. The van der Waals surface area contributed by atoms with E-state index in [0.29, 0.717) is 6.54 Å². The Morgan fingerprint density at radius 3 is 2.89 bits per heavy atom. The largest absolute Gasteiger partial charge is 0.384 e. The molecule has 1 saturated heterocycles. The Hall–Kier alpha value is -1.67. The van der Waals surface area contributed by atoms with Gasteiger partial charge in [0.15, 0.2) is 0 Å². The molecule has 1 aromatic heterocycles. The number of rotatable bonds is 2. The molecule has 1 aromatic rings. The molecule has 1 amide bonds. The van der Waals surface area contributed by atoms with Crippen molar-refractivity contribution in [3.8, 4) is 0 Å². The molecule has 18 heavy (non-hydrogen) atoms. The summed E-state index contributed by atoms with van der Waals surface area (Å²) in [5.41, 5.74) is 5.48. The monoisotopic (exact) mass is 270 g/mol. The van der Waals surface area contributed by atoms with Gasteiger partial charge in [0.1, 0.15) is 5.82 Å². The van der Waals surface area contributed by atoms with Gasteiger partial charge in [0.05, 0.1) is 4.90 Å². The van der Waals surface area contributed by atoms with E-state index in [1.807, 2.05) is 0 Å². The molecule has 0 aliphatic carbocycles. The molecule has 2 heterocycles. The predicted molar refractivity (Wildman–Crippen MR) is 65.0 cm³/mol. The lowest BCUT2D eigenvalue weighted by Gasteiger charge is -2.19. The summed E-state index contributed by atoms with van der Waals surface area (Å²) in [5, 5.41) is 2.63. The van der Waals surface area contributed by atoms with E-state index in [-0.39, 0.29) is 36.1 Å². The number of sulfonamides is 1. The fourth-order valence-corrected chi connectivity index (χ4v) is 3.19. The zero-order valence-corrected chi connectivity index (χ0v) is 10.5. The first-order chi connectivity index (χ1) is 8.50.